The summed E-state index contributed by atoms with van der Waals surface area (Å²) < 4.78 is 16.6. The van der Waals surface area contributed by atoms with Gasteiger partial charge in [-0.1, -0.05) is 147 Å². The Morgan fingerprint density at radius 3 is 1.44 bits per heavy atom. The van der Waals surface area contributed by atoms with Crippen molar-refractivity contribution in [2.45, 2.75) is 219 Å². The molecule has 0 spiro atoms. The molecule has 55 heavy (non-hydrogen) atoms. The van der Waals surface area contributed by atoms with Gasteiger partial charge < -0.3 is 24.4 Å². The molecule has 1 aliphatic heterocycles. The van der Waals surface area contributed by atoms with Gasteiger partial charge in [0.25, 0.3) is 0 Å². The molecule has 8 heteroatoms. The first kappa shape index (κ1) is 50.7. The fourth-order valence-electron chi connectivity index (χ4n) is 7.02. The number of nitrogens with one attached hydrogen (secondary N) is 1. The smallest absolute Gasteiger partial charge is 0.407 e. The van der Waals surface area contributed by atoms with Crippen LogP contribution in [-0.4, -0.2) is 68.4 Å². The van der Waals surface area contributed by atoms with Crippen molar-refractivity contribution in [3.8, 4) is 0 Å². The van der Waals surface area contributed by atoms with Crippen LogP contribution in [0.15, 0.2) is 24.3 Å². The van der Waals surface area contributed by atoms with Crippen LogP contribution < -0.4 is 5.32 Å². The molecule has 1 saturated heterocycles. The van der Waals surface area contributed by atoms with Crippen molar-refractivity contribution >= 4 is 18.0 Å². The average Bonchev–Trinajstić information content (AvgIpc) is 3.19. The van der Waals surface area contributed by atoms with Gasteiger partial charge in [-0.25, -0.2) is 4.79 Å². The number of carbonyl (C=O) groups is 3. The highest BCUT2D eigenvalue weighted by molar-refractivity contribution is 5.70. The van der Waals surface area contributed by atoms with Crippen LogP contribution in [0.4, 0.5) is 4.79 Å². The van der Waals surface area contributed by atoms with Crippen LogP contribution in [0.2, 0.25) is 0 Å². The molecule has 0 radical (unpaired) electrons. The predicted octanol–water partition coefficient (Wildman–Crippen LogP) is 12.7. The first-order chi connectivity index (χ1) is 27.0. The van der Waals surface area contributed by atoms with Crippen molar-refractivity contribution in [1.82, 2.24) is 10.2 Å². The fourth-order valence-corrected chi connectivity index (χ4v) is 7.02. The predicted molar refractivity (Wildman–Crippen MR) is 229 cm³/mol. The summed E-state index contributed by atoms with van der Waals surface area (Å²) in [4.78, 5) is 40.0. The maximum Gasteiger partial charge on any atom is 0.407 e. The number of amides is 1. The Bertz CT molecular complexity index is 948. The lowest BCUT2D eigenvalue weighted by Gasteiger charge is -2.26. The second kappa shape index (κ2) is 39.9. The van der Waals surface area contributed by atoms with E-state index in [0.29, 0.717) is 19.4 Å². The molecule has 0 saturated carbocycles. The first-order valence-electron chi connectivity index (χ1n) is 23.3. The van der Waals surface area contributed by atoms with Gasteiger partial charge in [0.05, 0.1) is 0 Å². The molecule has 8 nitrogen and oxygen atoms in total. The normalized spacial score (nSPS) is 14.1. The Labute approximate surface area is 338 Å². The maximum atomic E-state index is 12.7. The van der Waals surface area contributed by atoms with Crippen LogP contribution in [0.3, 0.4) is 0 Å². The lowest BCUT2D eigenvalue weighted by Crippen LogP contribution is -2.39. The van der Waals surface area contributed by atoms with Gasteiger partial charge in [0.15, 0.2) is 6.10 Å². The summed E-state index contributed by atoms with van der Waals surface area (Å²) in [5.41, 5.74) is 0. The molecule has 0 aromatic heterocycles. The molecule has 1 rings (SSSR count). The minimum absolute atomic E-state index is 0.108. The molecular formula is C47H86N2O6. The Morgan fingerprint density at radius 1 is 0.527 bits per heavy atom. The molecule has 0 bridgehead atoms. The number of allylic oxidation sites excluding steroid dienone is 4. The molecule has 1 heterocycles. The minimum Gasteiger partial charge on any atom is -0.462 e. The number of carbonyl (C=O) groups excluding carboxylic acids is 3. The van der Waals surface area contributed by atoms with E-state index in [9.17, 15) is 14.4 Å². The molecule has 0 aromatic rings. The standard InChI is InChI=1S/C47H86N2O6/c1-3-5-7-9-11-13-15-17-19-21-23-25-27-29-32-36-45(50)53-42-44(43-54-47(52)48-38-41-49-39-34-31-35-40-49)55-46(51)37-33-30-28-26-24-22-20-18-16-14-12-10-8-6-4-2/h17-20,44H,3-16,21-43H2,1-2H3,(H,48,52)/b19-17-,20-18-. The lowest BCUT2D eigenvalue weighted by atomic mass is 10.1. The topological polar surface area (TPSA) is 94.2 Å². The summed E-state index contributed by atoms with van der Waals surface area (Å²) in [5.74, 6) is -0.646. The molecule has 0 aromatic carbocycles. The third-order valence-electron chi connectivity index (χ3n) is 10.6. The lowest BCUT2D eigenvalue weighted by molar-refractivity contribution is -0.161. The zero-order chi connectivity index (χ0) is 39.7. The van der Waals surface area contributed by atoms with Gasteiger partial charge in [-0.05, 0) is 90.1 Å². The molecule has 1 amide bonds. The second-order valence-electron chi connectivity index (χ2n) is 15.9. The van der Waals surface area contributed by atoms with Crippen LogP contribution in [0.1, 0.15) is 213 Å². The summed E-state index contributed by atoms with van der Waals surface area (Å²) in [7, 11) is 0. The largest absolute Gasteiger partial charge is 0.462 e. The molecule has 1 atom stereocenters. The van der Waals surface area contributed by atoms with Crippen LogP contribution in [-0.2, 0) is 23.8 Å². The van der Waals surface area contributed by atoms with Gasteiger partial charge in [-0.15, -0.1) is 0 Å². The summed E-state index contributed by atoms with van der Waals surface area (Å²) >= 11 is 0. The number of likely N-dealkylation sites (tertiary alicyclic amines) is 1. The molecule has 1 fully saturated rings. The van der Waals surface area contributed by atoms with Crippen molar-refractivity contribution in [3.05, 3.63) is 24.3 Å². The van der Waals surface area contributed by atoms with E-state index in [1.54, 1.807) is 0 Å². The molecule has 0 aliphatic carbocycles. The highest BCUT2D eigenvalue weighted by Crippen LogP contribution is 2.13. The Kier molecular flexibility index (Phi) is 36.7. The quantitative estimate of drug-likeness (QED) is 0.0289. The molecule has 1 aliphatic rings. The van der Waals surface area contributed by atoms with Gasteiger partial charge in [-0.3, -0.25) is 9.59 Å². The third-order valence-corrected chi connectivity index (χ3v) is 10.6. The van der Waals surface area contributed by atoms with E-state index < -0.39 is 12.2 Å². The maximum absolute atomic E-state index is 12.7. The monoisotopic (exact) mass is 775 g/mol. The van der Waals surface area contributed by atoms with E-state index in [2.05, 4.69) is 48.4 Å². The van der Waals surface area contributed by atoms with Gasteiger partial charge >= 0.3 is 18.0 Å². The van der Waals surface area contributed by atoms with Crippen molar-refractivity contribution in [3.63, 3.8) is 0 Å². The van der Waals surface area contributed by atoms with E-state index >= 15 is 0 Å². The molecule has 320 valence electrons. The van der Waals surface area contributed by atoms with Crippen LogP contribution in [0.5, 0.6) is 0 Å². The first-order valence-corrected chi connectivity index (χ1v) is 23.3. The molecular weight excluding hydrogens is 689 g/mol. The molecule has 1 unspecified atom stereocenters. The van der Waals surface area contributed by atoms with E-state index in [0.717, 1.165) is 77.4 Å². The van der Waals surface area contributed by atoms with Crippen LogP contribution >= 0.6 is 0 Å². The van der Waals surface area contributed by atoms with Gasteiger partial charge in [-0.2, -0.15) is 0 Å². The van der Waals surface area contributed by atoms with E-state index in [-0.39, 0.29) is 25.2 Å². The summed E-state index contributed by atoms with van der Waals surface area (Å²) in [6, 6.07) is 0. The van der Waals surface area contributed by atoms with Crippen LogP contribution in [0.25, 0.3) is 0 Å². The summed E-state index contributed by atoms with van der Waals surface area (Å²) in [6.07, 6.45) is 43.5. The van der Waals surface area contributed by atoms with E-state index in [4.69, 9.17) is 14.2 Å². The SMILES string of the molecule is CCCCCCCC/C=C\CCCCCCCC(=O)OCC(COC(=O)NCCN1CCCCC1)OC(=O)CCCCCCC/C=C\CCCCCCCC. The van der Waals surface area contributed by atoms with Gasteiger partial charge in [0, 0.05) is 25.9 Å². The van der Waals surface area contributed by atoms with Gasteiger partial charge in [0.2, 0.25) is 0 Å². The Hall–Kier alpha value is -2.35. The number of piperidine rings is 1. The second-order valence-corrected chi connectivity index (χ2v) is 15.9. The third kappa shape index (κ3) is 35.8. The number of hydrogen-bond acceptors (Lipinski definition) is 7. The van der Waals surface area contributed by atoms with Crippen molar-refractivity contribution in [2.24, 2.45) is 0 Å². The number of alkyl carbamates (subject to hydrolysis) is 1. The summed E-state index contributed by atoms with van der Waals surface area (Å²) in [5, 5.41) is 2.80. The number of nitrogens with zero attached hydrogens (tertiary/aromatic N) is 1. The molecule has 1 N–H and O–H groups in total. The van der Waals surface area contributed by atoms with Crippen molar-refractivity contribution in [2.75, 3.05) is 39.4 Å². The van der Waals surface area contributed by atoms with Crippen molar-refractivity contribution in [1.29, 1.82) is 0 Å². The highest BCUT2D eigenvalue weighted by atomic mass is 16.6. The van der Waals surface area contributed by atoms with Crippen LogP contribution in [0, 0.1) is 0 Å². The minimum atomic E-state index is -0.818. The number of rotatable bonds is 38. The average molecular weight is 775 g/mol. The zero-order valence-corrected chi connectivity index (χ0v) is 35.9. The number of hydrogen-bond donors (Lipinski definition) is 1. The summed E-state index contributed by atoms with van der Waals surface area (Å²) in [6.45, 7) is 7.68. The van der Waals surface area contributed by atoms with Crippen molar-refractivity contribution < 1.29 is 28.6 Å². The van der Waals surface area contributed by atoms with E-state index in [1.807, 2.05) is 0 Å². The Balaban J connectivity index is 2.25. The fraction of sp³-hybridized carbons (Fsp3) is 0.851. The zero-order valence-electron chi connectivity index (χ0n) is 35.9. The number of ether oxygens (including phenoxy) is 3. The van der Waals surface area contributed by atoms with Gasteiger partial charge in [0.1, 0.15) is 13.2 Å². The highest BCUT2D eigenvalue weighted by Gasteiger charge is 2.20. The Morgan fingerprint density at radius 2 is 0.945 bits per heavy atom. The number of unbranched alkanes of at least 4 members (excludes halogenated alkanes) is 22. The van der Waals surface area contributed by atoms with E-state index in [1.165, 1.54) is 128 Å². The number of esters is 2.